The fraction of sp³-hybridized carbons (Fsp3) is 1.00. The van der Waals surface area contributed by atoms with Gasteiger partial charge in [-0.15, -0.1) is 0 Å². The maximum atomic E-state index is 7.36. The maximum Gasteiger partial charge on any atom is 0.0480 e. The van der Waals surface area contributed by atoms with Crippen molar-refractivity contribution in [2.45, 2.75) is 25.8 Å². The lowest BCUT2D eigenvalue weighted by Gasteiger charge is -2.15. The highest BCUT2D eigenvalue weighted by molar-refractivity contribution is 4.69. The highest BCUT2D eigenvalue weighted by Crippen LogP contribution is 2.04. The molecule has 0 aliphatic carbocycles. The molecule has 0 atom stereocenters. The van der Waals surface area contributed by atoms with Gasteiger partial charge in [0.15, 0.2) is 0 Å². The van der Waals surface area contributed by atoms with Crippen molar-refractivity contribution < 1.29 is 4.74 Å². The molecule has 0 spiro atoms. The standard InChI is InChI=1S/C6H14NO/c1-6(2,7)4-5-8-3/h7H,4-5H2,1-3H3. The van der Waals surface area contributed by atoms with Gasteiger partial charge in [-0.2, -0.15) is 0 Å². The Labute approximate surface area is 51.0 Å². The number of hydrogen-bond acceptors (Lipinski definition) is 1. The molecule has 0 aliphatic heterocycles. The van der Waals surface area contributed by atoms with Crippen molar-refractivity contribution in [2.75, 3.05) is 13.7 Å². The lowest BCUT2D eigenvalue weighted by molar-refractivity contribution is 0.174. The first-order chi connectivity index (χ1) is 3.56. The van der Waals surface area contributed by atoms with Crippen molar-refractivity contribution in [3.8, 4) is 0 Å². The van der Waals surface area contributed by atoms with Gasteiger partial charge < -0.3 is 4.74 Å². The molecule has 0 amide bonds. The molecule has 1 radical (unpaired) electrons. The normalized spacial score (nSPS) is 12.0. The first-order valence-corrected chi connectivity index (χ1v) is 2.80. The molecule has 0 rings (SSSR count). The van der Waals surface area contributed by atoms with E-state index in [-0.39, 0.29) is 5.54 Å². The van der Waals surface area contributed by atoms with Crippen LogP contribution in [0.1, 0.15) is 20.3 Å². The van der Waals surface area contributed by atoms with Gasteiger partial charge in [-0.05, 0) is 20.3 Å². The summed E-state index contributed by atoms with van der Waals surface area (Å²) < 4.78 is 4.80. The Morgan fingerprint density at radius 2 is 2.00 bits per heavy atom. The highest BCUT2D eigenvalue weighted by Gasteiger charge is 2.09. The molecule has 0 saturated carbocycles. The number of nitrogens with one attached hydrogen (secondary N) is 1. The molecule has 0 aromatic heterocycles. The van der Waals surface area contributed by atoms with Gasteiger partial charge in [0.2, 0.25) is 0 Å². The molecule has 0 saturated heterocycles. The van der Waals surface area contributed by atoms with Crippen LogP contribution in [-0.2, 0) is 4.74 Å². The molecule has 1 N–H and O–H groups in total. The van der Waals surface area contributed by atoms with Crippen LogP contribution in [0.3, 0.4) is 0 Å². The molecule has 0 unspecified atom stereocenters. The molecule has 0 bridgehead atoms. The molecule has 0 aliphatic rings. The Hall–Kier alpha value is -0.0800. The summed E-state index contributed by atoms with van der Waals surface area (Å²) in [5.74, 6) is 0. The minimum absolute atomic E-state index is 0.323. The van der Waals surface area contributed by atoms with Gasteiger partial charge in [0, 0.05) is 19.3 Å². The predicted octanol–water partition coefficient (Wildman–Crippen LogP) is 1.08. The van der Waals surface area contributed by atoms with E-state index >= 15 is 0 Å². The van der Waals surface area contributed by atoms with Gasteiger partial charge in [0.1, 0.15) is 0 Å². The number of ether oxygens (including phenoxy) is 1. The van der Waals surface area contributed by atoms with Gasteiger partial charge >= 0.3 is 0 Å². The number of methoxy groups -OCH3 is 1. The number of hydrogen-bond donors (Lipinski definition) is 0. The van der Waals surface area contributed by atoms with Crippen molar-refractivity contribution in [1.82, 2.24) is 5.73 Å². The summed E-state index contributed by atoms with van der Waals surface area (Å²) in [4.78, 5) is 0. The third-order valence-corrected chi connectivity index (χ3v) is 0.931. The minimum atomic E-state index is -0.323. The van der Waals surface area contributed by atoms with E-state index in [1.54, 1.807) is 7.11 Å². The predicted molar refractivity (Wildman–Crippen MR) is 33.7 cm³/mol. The summed E-state index contributed by atoms with van der Waals surface area (Å²) in [5.41, 5.74) is 7.03. The largest absolute Gasteiger partial charge is 0.385 e. The first-order valence-electron chi connectivity index (χ1n) is 2.80. The van der Waals surface area contributed by atoms with Crippen LogP contribution in [0.15, 0.2) is 0 Å². The Morgan fingerprint density at radius 3 is 2.12 bits per heavy atom. The second kappa shape index (κ2) is 3.05. The first kappa shape index (κ1) is 7.92. The van der Waals surface area contributed by atoms with Crippen LogP contribution in [0.4, 0.5) is 0 Å². The quantitative estimate of drug-likeness (QED) is 0.543. The van der Waals surface area contributed by atoms with Crippen LogP contribution in [0.25, 0.3) is 0 Å². The molecule has 49 valence electrons. The van der Waals surface area contributed by atoms with Crippen LogP contribution >= 0.6 is 0 Å². The van der Waals surface area contributed by atoms with E-state index in [1.165, 1.54) is 0 Å². The van der Waals surface area contributed by atoms with Crippen LogP contribution in [0.2, 0.25) is 0 Å². The van der Waals surface area contributed by atoms with Crippen molar-refractivity contribution in [3.63, 3.8) is 0 Å². The summed E-state index contributed by atoms with van der Waals surface area (Å²) in [6.07, 6.45) is 0.809. The average molecular weight is 116 g/mol. The van der Waals surface area contributed by atoms with Crippen molar-refractivity contribution in [2.24, 2.45) is 0 Å². The molecule has 8 heavy (non-hydrogen) atoms. The van der Waals surface area contributed by atoms with E-state index in [0.717, 1.165) is 6.42 Å². The van der Waals surface area contributed by atoms with E-state index in [4.69, 9.17) is 10.5 Å². The average Bonchev–Trinajstić information content (AvgIpc) is 1.59. The Bertz CT molecular complexity index is 56.0. The van der Waals surface area contributed by atoms with Crippen molar-refractivity contribution >= 4 is 0 Å². The Morgan fingerprint density at radius 1 is 1.50 bits per heavy atom. The monoisotopic (exact) mass is 116 g/mol. The summed E-state index contributed by atoms with van der Waals surface area (Å²) >= 11 is 0. The van der Waals surface area contributed by atoms with E-state index in [2.05, 4.69) is 0 Å². The molecular weight excluding hydrogens is 102 g/mol. The molecule has 2 heteroatoms. The van der Waals surface area contributed by atoms with Crippen LogP contribution in [0.5, 0.6) is 0 Å². The summed E-state index contributed by atoms with van der Waals surface area (Å²) in [6, 6.07) is 0. The summed E-state index contributed by atoms with van der Waals surface area (Å²) in [7, 11) is 1.66. The van der Waals surface area contributed by atoms with E-state index < -0.39 is 0 Å². The maximum absolute atomic E-state index is 7.36. The smallest absolute Gasteiger partial charge is 0.0480 e. The lowest BCUT2D eigenvalue weighted by Crippen LogP contribution is -2.22. The minimum Gasteiger partial charge on any atom is -0.385 e. The van der Waals surface area contributed by atoms with Crippen molar-refractivity contribution in [3.05, 3.63) is 0 Å². The summed E-state index contributed by atoms with van der Waals surface area (Å²) in [6.45, 7) is 4.45. The van der Waals surface area contributed by atoms with Gasteiger partial charge in [0.05, 0.1) is 0 Å². The topological polar surface area (TPSA) is 33.0 Å². The molecule has 0 heterocycles. The zero-order valence-corrected chi connectivity index (χ0v) is 5.82. The van der Waals surface area contributed by atoms with Gasteiger partial charge in [0.25, 0.3) is 0 Å². The molecule has 0 fully saturated rings. The molecule has 0 aromatic rings. The molecule has 2 nitrogen and oxygen atoms in total. The van der Waals surface area contributed by atoms with Gasteiger partial charge in [-0.25, -0.2) is 0 Å². The molecule has 0 aromatic carbocycles. The van der Waals surface area contributed by atoms with Crippen LogP contribution < -0.4 is 5.73 Å². The highest BCUT2D eigenvalue weighted by atomic mass is 16.5. The third kappa shape index (κ3) is 5.92. The lowest BCUT2D eigenvalue weighted by atomic mass is 10.0. The third-order valence-electron chi connectivity index (χ3n) is 0.931. The Kier molecular flexibility index (Phi) is 3.02. The van der Waals surface area contributed by atoms with Gasteiger partial charge in [-0.3, -0.25) is 5.73 Å². The van der Waals surface area contributed by atoms with Gasteiger partial charge in [-0.1, -0.05) is 0 Å². The fourth-order valence-electron chi connectivity index (χ4n) is 0.357. The van der Waals surface area contributed by atoms with Crippen LogP contribution in [-0.4, -0.2) is 19.3 Å². The molecular formula is C6H14NO. The zero-order valence-electron chi connectivity index (χ0n) is 5.82. The van der Waals surface area contributed by atoms with E-state index in [9.17, 15) is 0 Å². The zero-order chi connectivity index (χ0) is 6.62. The van der Waals surface area contributed by atoms with Crippen LogP contribution in [0, 0.1) is 0 Å². The van der Waals surface area contributed by atoms with E-state index in [0.29, 0.717) is 6.61 Å². The summed E-state index contributed by atoms with van der Waals surface area (Å²) in [5, 5.41) is 0. The van der Waals surface area contributed by atoms with E-state index in [1.807, 2.05) is 13.8 Å². The second-order valence-corrected chi connectivity index (χ2v) is 2.63. The van der Waals surface area contributed by atoms with Crippen molar-refractivity contribution in [1.29, 1.82) is 0 Å². The second-order valence-electron chi connectivity index (χ2n) is 2.63. The Balaban J connectivity index is 3.11. The fourth-order valence-corrected chi connectivity index (χ4v) is 0.357. The SMILES string of the molecule is COCCC(C)(C)[NH]. The number of rotatable bonds is 3.